The lowest BCUT2D eigenvalue weighted by molar-refractivity contribution is -0.141. The quantitative estimate of drug-likeness (QED) is 0.478. The maximum Gasteiger partial charge on any atom is 0.226 e. The Balaban J connectivity index is 1.33. The lowest BCUT2D eigenvalue weighted by Crippen LogP contribution is -2.55. The van der Waals surface area contributed by atoms with E-state index in [2.05, 4.69) is 24.3 Å². The molecule has 0 aliphatic carbocycles. The second-order valence-electron chi connectivity index (χ2n) is 6.50. The lowest BCUT2D eigenvalue weighted by atomic mass is 10.1. The minimum atomic E-state index is -1.08. The Hall–Kier alpha value is -1.88. The summed E-state index contributed by atoms with van der Waals surface area (Å²) in [6.07, 6.45) is 7.53. The Morgan fingerprint density at radius 3 is 2.56 bits per heavy atom. The van der Waals surface area contributed by atoms with Gasteiger partial charge in [0.15, 0.2) is 0 Å². The van der Waals surface area contributed by atoms with Gasteiger partial charge in [-0.15, -0.1) is 0 Å². The molecule has 5 heteroatoms. The van der Waals surface area contributed by atoms with Gasteiger partial charge in [0.05, 0.1) is 29.2 Å². The molecule has 0 N–H and O–H groups in total. The van der Waals surface area contributed by atoms with Crippen LogP contribution < -0.4 is 0 Å². The Morgan fingerprint density at radius 2 is 1.84 bits per heavy atom. The van der Waals surface area contributed by atoms with Gasteiger partial charge in [-0.2, -0.15) is 0 Å². The molecule has 1 fully saturated rings. The van der Waals surface area contributed by atoms with Crippen LogP contribution in [-0.2, 0) is 27.8 Å². The van der Waals surface area contributed by atoms with Gasteiger partial charge in [-0.1, -0.05) is 43.2 Å². The van der Waals surface area contributed by atoms with Crippen LogP contribution >= 0.6 is 0 Å². The van der Waals surface area contributed by atoms with Gasteiger partial charge in [0.2, 0.25) is 5.91 Å². The zero-order valence-electron chi connectivity index (χ0n) is 14.4. The first-order valence-electron chi connectivity index (χ1n) is 8.97. The number of nitrogens with zero attached hydrogens (tertiary/aromatic N) is 1. The fourth-order valence-corrected chi connectivity index (χ4v) is 4.64. The highest BCUT2D eigenvalue weighted by Crippen LogP contribution is 2.25. The minimum Gasteiger partial charge on any atom is -0.468 e. The number of hydrogen-bond donors (Lipinski definition) is 0. The fraction of sp³-hybridized carbons (Fsp3) is 0.450. The first-order chi connectivity index (χ1) is 12.2. The van der Waals surface area contributed by atoms with E-state index in [-0.39, 0.29) is 11.3 Å². The molecule has 4 nitrogen and oxygen atoms in total. The number of amides is 1. The third-order valence-corrected chi connectivity index (χ3v) is 6.24. The average Bonchev–Trinajstić information content (AvgIpc) is 3.12. The van der Waals surface area contributed by atoms with Crippen molar-refractivity contribution >= 4 is 16.7 Å². The number of benzene rings is 1. The molecule has 3 rings (SSSR count). The van der Waals surface area contributed by atoms with Crippen LogP contribution in [0, 0.1) is 0 Å². The number of rotatable bonds is 10. The Bertz CT molecular complexity index is 684. The van der Waals surface area contributed by atoms with Crippen molar-refractivity contribution in [2.75, 3.05) is 6.54 Å². The average molecular weight is 359 g/mol. The summed E-state index contributed by atoms with van der Waals surface area (Å²) in [5.41, 5.74) is 1.38. The monoisotopic (exact) mass is 359 g/mol. The van der Waals surface area contributed by atoms with Crippen molar-refractivity contribution in [3.63, 3.8) is 0 Å². The van der Waals surface area contributed by atoms with Gasteiger partial charge in [-0.3, -0.25) is 9.00 Å². The second-order valence-corrected chi connectivity index (χ2v) is 8.09. The standard InChI is InChI=1S/C20H25NO3S/c22-19-15-20(25(23)16-18-12-8-14-24-18)21(19)13-7-2-1-4-9-17-10-5-3-6-11-17/h3,5-6,8,10-12,14,20H,1-2,4,7,9,13,15-16H2. The van der Waals surface area contributed by atoms with Gasteiger partial charge in [0.25, 0.3) is 0 Å². The third-order valence-electron chi connectivity index (χ3n) is 4.64. The number of unbranched alkanes of at least 4 members (excludes halogenated alkanes) is 3. The SMILES string of the molecule is O=C1CC(S(=O)Cc2ccco2)N1CCCCCCc1ccccc1. The lowest BCUT2D eigenvalue weighted by Gasteiger charge is -2.39. The molecule has 0 saturated carbocycles. The summed E-state index contributed by atoms with van der Waals surface area (Å²) in [4.78, 5) is 13.6. The van der Waals surface area contributed by atoms with Crippen LogP contribution in [0.5, 0.6) is 0 Å². The number of β-lactam (4-membered cyclic amide) rings is 1. The largest absolute Gasteiger partial charge is 0.468 e. The van der Waals surface area contributed by atoms with Gasteiger partial charge in [-0.05, 0) is 37.0 Å². The van der Waals surface area contributed by atoms with Gasteiger partial charge in [0, 0.05) is 6.54 Å². The summed E-state index contributed by atoms with van der Waals surface area (Å²) in [5.74, 6) is 1.24. The predicted molar refractivity (Wildman–Crippen MR) is 99.3 cm³/mol. The highest BCUT2D eigenvalue weighted by atomic mass is 32.2. The third kappa shape index (κ3) is 5.05. The summed E-state index contributed by atoms with van der Waals surface area (Å²) in [5, 5.41) is -0.137. The molecule has 2 atom stereocenters. The van der Waals surface area contributed by atoms with Crippen molar-refractivity contribution < 1.29 is 13.4 Å². The van der Waals surface area contributed by atoms with Crippen molar-refractivity contribution in [3.05, 3.63) is 60.1 Å². The van der Waals surface area contributed by atoms with E-state index in [4.69, 9.17) is 4.42 Å². The zero-order valence-corrected chi connectivity index (χ0v) is 15.2. The van der Waals surface area contributed by atoms with E-state index in [9.17, 15) is 9.00 Å². The molecule has 2 aromatic rings. The van der Waals surface area contributed by atoms with E-state index in [1.807, 2.05) is 12.1 Å². The summed E-state index contributed by atoms with van der Waals surface area (Å²) in [6.45, 7) is 0.721. The first kappa shape index (κ1) is 17.9. The molecule has 134 valence electrons. The first-order valence-corrected chi connectivity index (χ1v) is 10.4. The Morgan fingerprint density at radius 1 is 1.04 bits per heavy atom. The number of carbonyl (C=O) groups excluding carboxylic acids is 1. The van der Waals surface area contributed by atoms with E-state index >= 15 is 0 Å². The van der Waals surface area contributed by atoms with Gasteiger partial charge < -0.3 is 9.32 Å². The number of likely N-dealkylation sites (tertiary alicyclic amines) is 1. The van der Waals surface area contributed by atoms with E-state index < -0.39 is 10.8 Å². The Labute approximate surface area is 151 Å². The molecule has 1 aromatic carbocycles. The molecule has 25 heavy (non-hydrogen) atoms. The van der Waals surface area contributed by atoms with E-state index in [1.54, 1.807) is 17.2 Å². The van der Waals surface area contributed by atoms with E-state index in [0.29, 0.717) is 12.2 Å². The molecule has 1 aromatic heterocycles. The molecule has 2 heterocycles. The summed E-state index contributed by atoms with van der Waals surface area (Å²) in [6, 6.07) is 14.2. The van der Waals surface area contributed by atoms with Crippen LogP contribution in [0.15, 0.2) is 53.1 Å². The maximum absolute atomic E-state index is 12.4. The van der Waals surface area contributed by atoms with Crippen molar-refractivity contribution in [3.8, 4) is 0 Å². The molecular formula is C20H25NO3S. The van der Waals surface area contributed by atoms with Crippen molar-refractivity contribution in [2.45, 2.75) is 49.7 Å². The number of furan rings is 1. The smallest absolute Gasteiger partial charge is 0.226 e. The van der Waals surface area contributed by atoms with Gasteiger partial charge in [-0.25, -0.2) is 0 Å². The van der Waals surface area contributed by atoms with Crippen LogP contribution in [0.25, 0.3) is 0 Å². The molecule has 1 aliphatic heterocycles. The molecule has 1 saturated heterocycles. The van der Waals surface area contributed by atoms with Crippen molar-refractivity contribution in [1.82, 2.24) is 4.90 Å². The summed E-state index contributed by atoms with van der Waals surface area (Å²) in [7, 11) is -1.08. The summed E-state index contributed by atoms with van der Waals surface area (Å²) < 4.78 is 17.6. The molecule has 0 spiro atoms. The van der Waals surface area contributed by atoms with Gasteiger partial charge >= 0.3 is 0 Å². The molecule has 2 unspecified atom stereocenters. The molecular weight excluding hydrogens is 334 g/mol. The highest BCUT2D eigenvalue weighted by Gasteiger charge is 2.39. The van der Waals surface area contributed by atoms with Crippen LogP contribution in [-0.4, -0.2) is 26.9 Å². The highest BCUT2D eigenvalue weighted by molar-refractivity contribution is 7.84. The molecule has 1 aliphatic rings. The fourth-order valence-electron chi connectivity index (χ4n) is 3.17. The zero-order chi connectivity index (χ0) is 17.5. The van der Waals surface area contributed by atoms with Gasteiger partial charge in [0.1, 0.15) is 11.1 Å². The van der Waals surface area contributed by atoms with Crippen molar-refractivity contribution in [1.29, 1.82) is 0 Å². The molecule has 1 amide bonds. The second kappa shape index (κ2) is 8.99. The molecule has 0 radical (unpaired) electrons. The van der Waals surface area contributed by atoms with Crippen LogP contribution in [0.2, 0.25) is 0 Å². The van der Waals surface area contributed by atoms with E-state index in [0.717, 1.165) is 38.0 Å². The van der Waals surface area contributed by atoms with Crippen LogP contribution in [0.4, 0.5) is 0 Å². The van der Waals surface area contributed by atoms with Crippen molar-refractivity contribution in [2.24, 2.45) is 0 Å². The maximum atomic E-state index is 12.4. The molecule has 0 bridgehead atoms. The van der Waals surface area contributed by atoms with Crippen LogP contribution in [0.1, 0.15) is 43.4 Å². The topological polar surface area (TPSA) is 50.5 Å². The number of carbonyl (C=O) groups is 1. The number of aryl methyl sites for hydroxylation is 1. The predicted octanol–water partition coefficient (Wildman–Crippen LogP) is 3.89. The number of hydrogen-bond acceptors (Lipinski definition) is 3. The van der Waals surface area contributed by atoms with E-state index in [1.165, 1.54) is 12.0 Å². The summed E-state index contributed by atoms with van der Waals surface area (Å²) >= 11 is 0. The normalized spacial score (nSPS) is 18.2. The minimum absolute atomic E-state index is 0.127. The van der Waals surface area contributed by atoms with Crippen LogP contribution in [0.3, 0.4) is 0 Å². The Kier molecular flexibility index (Phi) is 6.45.